The second-order valence-corrected chi connectivity index (χ2v) is 3.81. The van der Waals surface area contributed by atoms with Crippen molar-refractivity contribution in [1.82, 2.24) is 15.0 Å². The Labute approximate surface area is 116 Å². The molecular formula is C13H13ClN4O. The summed E-state index contributed by atoms with van der Waals surface area (Å²) in [5.41, 5.74) is 2.74. The molecule has 2 aromatic heterocycles. The van der Waals surface area contributed by atoms with Crippen molar-refractivity contribution in [2.24, 2.45) is 0 Å². The summed E-state index contributed by atoms with van der Waals surface area (Å²) in [5, 5.41) is 3.25. The van der Waals surface area contributed by atoms with E-state index in [4.69, 9.17) is 4.74 Å². The van der Waals surface area contributed by atoms with Crippen LogP contribution >= 0.6 is 12.4 Å². The van der Waals surface area contributed by atoms with Crippen molar-refractivity contribution in [2.75, 3.05) is 12.4 Å². The van der Waals surface area contributed by atoms with Gasteiger partial charge in [0.25, 0.3) is 0 Å². The largest absolute Gasteiger partial charge is 0.497 e. The van der Waals surface area contributed by atoms with Crippen molar-refractivity contribution in [3.8, 4) is 5.75 Å². The molecule has 0 bridgehead atoms. The summed E-state index contributed by atoms with van der Waals surface area (Å²) in [7, 11) is 1.65. The average Bonchev–Trinajstić information content (AvgIpc) is 2.89. The van der Waals surface area contributed by atoms with Gasteiger partial charge < -0.3 is 15.0 Å². The van der Waals surface area contributed by atoms with Gasteiger partial charge in [-0.2, -0.15) is 0 Å². The van der Waals surface area contributed by atoms with Crippen LogP contribution in [0.2, 0.25) is 0 Å². The van der Waals surface area contributed by atoms with Gasteiger partial charge in [-0.1, -0.05) is 0 Å². The van der Waals surface area contributed by atoms with Crippen LogP contribution < -0.4 is 10.1 Å². The van der Waals surface area contributed by atoms with Crippen molar-refractivity contribution in [3.05, 3.63) is 42.9 Å². The zero-order chi connectivity index (χ0) is 12.4. The third-order valence-corrected chi connectivity index (χ3v) is 2.70. The molecule has 6 heteroatoms. The molecule has 0 saturated carbocycles. The molecule has 0 aliphatic heterocycles. The highest BCUT2D eigenvalue weighted by Crippen LogP contribution is 2.22. The number of anilines is 2. The molecule has 0 radical (unpaired) electrons. The number of aromatic amines is 1. The van der Waals surface area contributed by atoms with E-state index >= 15 is 0 Å². The van der Waals surface area contributed by atoms with Gasteiger partial charge in [-0.25, -0.2) is 9.97 Å². The number of rotatable bonds is 3. The fourth-order valence-electron chi connectivity index (χ4n) is 1.78. The average molecular weight is 277 g/mol. The highest BCUT2D eigenvalue weighted by molar-refractivity contribution is 5.87. The van der Waals surface area contributed by atoms with E-state index in [0.717, 1.165) is 28.3 Å². The number of H-pyrrole nitrogens is 1. The van der Waals surface area contributed by atoms with E-state index < -0.39 is 0 Å². The minimum Gasteiger partial charge on any atom is -0.497 e. The van der Waals surface area contributed by atoms with E-state index in [1.165, 1.54) is 0 Å². The fraction of sp³-hybridized carbons (Fsp3) is 0.0769. The maximum Gasteiger partial charge on any atom is 0.158 e. The Bertz CT molecular complexity index is 666. The van der Waals surface area contributed by atoms with E-state index in [9.17, 15) is 0 Å². The molecule has 5 nitrogen and oxygen atoms in total. The van der Waals surface area contributed by atoms with Gasteiger partial charge >= 0.3 is 0 Å². The lowest BCUT2D eigenvalue weighted by Crippen LogP contribution is -1.95. The first-order valence-corrected chi connectivity index (χ1v) is 5.56. The fourth-order valence-corrected chi connectivity index (χ4v) is 1.78. The van der Waals surface area contributed by atoms with Gasteiger partial charge in [0.1, 0.15) is 17.6 Å². The summed E-state index contributed by atoms with van der Waals surface area (Å²) in [6, 6.07) is 9.59. The van der Waals surface area contributed by atoms with Crippen molar-refractivity contribution >= 4 is 34.9 Å². The Kier molecular flexibility index (Phi) is 3.87. The van der Waals surface area contributed by atoms with Gasteiger partial charge in [-0.3, -0.25) is 0 Å². The maximum absolute atomic E-state index is 5.12. The SMILES string of the molecule is COc1ccc(Nc2ncnc3cc[nH]c23)cc1.Cl. The first kappa shape index (κ1) is 13.2. The highest BCUT2D eigenvalue weighted by atomic mass is 35.5. The predicted octanol–water partition coefficient (Wildman–Crippen LogP) is 3.13. The molecule has 0 atom stereocenters. The molecular weight excluding hydrogens is 264 g/mol. The van der Waals surface area contributed by atoms with Crippen LogP contribution in [0.15, 0.2) is 42.9 Å². The topological polar surface area (TPSA) is 62.8 Å². The molecule has 0 fully saturated rings. The molecule has 0 amide bonds. The Morgan fingerprint density at radius 3 is 2.63 bits per heavy atom. The normalized spacial score (nSPS) is 9.95. The summed E-state index contributed by atoms with van der Waals surface area (Å²) in [6.45, 7) is 0. The number of benzene rings is 1. The van der Waals surface area contributed by atoms with E-state index in [1.54, 1.807) is 13.4 Å². The number of aromatic nitrogens is 3. The van der Waals surface area contributed by atoms with Gasteiger partial charge in [0.05, 0.1) is 12.6 Å². The second-order valence-electron chi connectivity index (χ2n) is 3.81. The van der Waals surface area contributed by atoms with Crippen LogP contribution in [-0.2, 0) is 0 Å². The highest BCUT2D eigenvalue weighted by Gasteiger charge is 2.04. The second kappa shape index (κ2) is 5.58. The van der Waals surface area contributed by atoms with Crippen LogP contribution in [0.25, 0.3) is 11.0 Å². The predicted molar refractivity (Wildman–Crippen MR) is 77.4 cm³/mol. The number of nitrogens with one attached hydrogen (secondary N) is 2. The van der Waals surface area contributed by atoms with Gasteiger partial charge in [-0.15, -0.1) is 12.4 Å². The number of nitrogens with zero attached hydrogens (tertiary/aromatic N) is 2. The number of fused-ring (bicyclic) bond motifs is 1. The van der Waals surface area contributed by atoms with Crippen molar-refractivity contribution in [2.45, 2.75) is 0 Å². The number of hydrogen-bond acceptors (Lipinski definition) is 4. The quantitative estimate of drug-likeness (QED) is 0.771. The number of ether oxygens (including phenoxy) is 1. The van der Waals surface area contributed by atoms with Gasteiger partial charge in [-0.05, 0) is 30.3 Å². The molecule has 0 aliphatic carbocycles. The molecule has 19 heavy (non-hydrogen) atoms. The van der Waals surface area contributed by atoms with Crippen LogP contribution in [-0.4, -0.2) is 22.1 Å². The molecule has 0 spiro atoms. The zero-order valence-corrected chi connectivity index (χ0v) is 11.1. The summed E-state index contributed by atoms with van der Waals surface area (Å²) < 4.78 is 5.12. The summed E-state index contributed by atoms with van der Waals surface area (Å²) in [5.74, 6) is 1.59. The number of hydrogen-bond donors (Lipinski definition) is 2. The van der Waals surface area contributed by atoms with E-state index in [-0.39, 0.29) is 12.4 Å². The van der Waals surface area contributed by atoms with Crippen LogP contribution in [0, 0.1) is 0 Å². The lowest BCUT2D eigenvalue weighted by molar-refractivity contribution is 0.415. The summed E-state index contributed by atoms with van der Waals surface area (Å²) >= 11 is 0. The smallest absolute Gasteiger partial charge is 0.158 e. The van der Waals surface area contributed by atoms with Crippen molar-refractivity contribution in [3.63, 3.8) is 0 Å². The third-order valence-electron chi connectivity index (χ3n) is 2.70. The van der Waals surface area contributed by atoms with Crippen LogP contribution in [0.4, 0.5) is 11.5 Å². The molecule has 0 unspecified atom stereocenters. The molecule has 98 valence electrons. The van der Waals surface area contributed by atoms with Crippen LogP contribution in [0.3, 0.4) is 0 Å². The lowest BCUT2D eigenvalue weighted by atomic mass is 10.3. The Hall–Kier alpha value is -2.27. The van der Waals surface area contributed by atoms with E-state index in [2.05, 4.69) is 20.3 Å². The van der Waals surface area contributed by atoms with Gasteiger partial charge in [0, 0.05) is 11.9 Å². The molecule has 1 aromatic carbocycles. The minimum absolute atomic E-state index is 0. The monoisotopic (exact) mass is 276 g/mol. The summed E-state index contributed by atoms with van der Waals surface area (Å²) in [4.78, 5) is 11.5. The molecule has 2 N–H and O–H groups in total. The van der Waals surface area contributed by atoms with Gasteiger partial charge in [0.2, 0.25) is 0 Å². The van der Waals surface area contributed by atoms with Crippen LogP contribution in [0.5, 0.6) is 5.75 Å². The Morgan fingerprint density at radius 1 is 1.11 bits per heavy atom. The lowest BCUT2D eigenvalue weighted by Gasteiger charge is -2.07. The van der Waals surface area contributed by atoms with E-state index in [0.29, 0.717) is 0 Å². The van der Waals surface area contributed by atoms with Gasteiger partial charge in [0.15, 0.2) is 5.82 Å². The first-order valence-electron chi connectivity index (χ1n) is 5.56. The Balaban J connectivity index is 0.00000133. The first-order chi connectivity index (χ1) is 8.86. The zero-order valence-electron chi connectivity index (χ0n) is 10.3. The number of halogens is 1. The van der Waals surface area contributed by atoms with Crippen molar-refractivity contribution in [1.29, 1.82) is 0 Å². The molecule has 2 heterocycles. The Morgan fingerprint density at radius 2 is 1.89 bits per heavy atom. The van der Waals surface area contributed by atoms with Crippen LogP contribution in [0.1, 0.15) is 0 Å². The number of methoxy groups -OCH3 is 1. The third kappa shape index (κ3) is 2.61. The summed E-state index contributed by atoms with van der Waals surface area (Å²) in [6.07, 6.45) is 3.39. The molecule has 0 saturated heterocycles. The standard InChI is InChI=1S/C13H12N4O.ClH/c1-18-10-4-2-9(3-5-10)17-13-12-11(6-7-14-12)15-8-16-13;/h2-8,14H,1H3,(H,15,16,17);1H. The maximum atomic E-state index is 5.12. The minimum atomic E-state index is 0. The molecule has 3 aromatic rings. The van der Waals surface area contributed by atoms with Crippen molar-refractivity contribution < 1.29 is 4.74 Å². The molecule has 0 aliphatic rings. The molecule has 3 rings (SSSR count). The van der Waals surface area contributed by atoms with E-state index in [1.807, 2.05) is 36.5 Å².